The van der Waals surface area contributed by atoms with Crippen molar-refractivity contribution in [3.8, 4) is 0 Å². The number of pyridine rings is 1. The standard InChI is InChI=1S/C15H17N3O2/c1-18(10-11-6-4-3-5-7-11)14-8-12(15(19)20-2)13(16)9-17-14/h3-9H,10,16H2,1-2H3. The van der Waals surface area contributed by atoms with Crippen LogP contribution in [0.2, 0.25) is 0 Å². The summed E-state index contributed by atoms with van der Waals surface area (Å²) in [6.45, 7) is 0.693. The highest BCUT2D eigenvalue weighted by molar-refractivity contribution is 5.95. The molecule has 1 aromatic carbocycles. The summed E-state index contributed by atoms with van der Waals surface area (Å²) in [5, 5.41) is 0. The molecule has 5 nitrogen and oxygen atoms in total. The van der Waals surface area contributed by atoms with Gasteiger partial charge in [0.05, 0.1) is 24.6 Å². The average Bonchev–Trinajstić information content (AvgIpc) is 2.48. The Kier molecular flexibility index (Phi) is 4.20. The lowest BCUT2D eigenvalue weighted by Crippen LogP contribution is -2.19. The molecule has 0 unspecified atom stereocenters. The Hall–Kier alpha value is -2.56. The van der Waals surface area contributed by atoms with Crippen molar-refractivity contribution in [1.29, 1.82) is 0 Å². The highest BCUT2D eigenvalue weighted by Crippen LogP contribution is 2.19. The van der Waals surface area contributed by atoms with E-state index in [1.54, 1.807) is 6.07 Å². The quantitative estimate of drug-likeness (QED) is 0.862. The summed E-state index contributed by atoms with van der Waals surface area (Å²) in [6.07, 6.45) is 1.48. The number of benzene rings is 1. The summed E-state index contributed by atoms with van der Waals surface area (Å²) in [5.74, 6) is 0.211. The minimum absolute atomic E-state index is 0.314. The highest BCUT2D eigenvalue weighted by Gasteiger charge is 2.13. The topological polar surface area (TPSA) is 68.5 Å². The van der Waals surface area contributed by atoms with Gasteiger partial charge < -0.3 is 15.4 Å². The molecule has 0 saturated carbocycles. The predicted octanol–water partition coefficient (Wildman–Crippen LogP) is 2.09. The van der Waals surface area contributed by atoms with Gasteiger partial charge in [-0.05, 0) is 11.6 Å². The van der Waals surface area contributed by atoms with Crippen molar-refractivity contribution in [2.24, 2.45) is 0 Å². The molecule has 1 aromatic heterocycles. The van der Waals surface area contributed by atoms with Gasteiger partial charge in [-0.2, -0.15) is 0 Å². The van der Waals surface area contributed by atoms with Crippen LogP contribution in [0.3, 0.4) is 0 Å². The van der Waals surface area contributed by atoms with Crippen LogP contribution in [0.25, 0.3) is 0 Å². The highest BCUT2D eigenvalue weighted by atomic mass is 16.5. The molecule has 104 valence electrons. The second kappa shape index (κ2) is 6.06. The molecule has 0 atom stereocenters. The van der Waals surface area contributed by atoms with Gasteiger partial charge in [-0.1, -0.05) is 30.3 Å². The largest absolute Gasteiger partial charge is 0.465 e. The lowest BCUT2D eigenvalue weighted by molar-refractivity contribution is 0.0602. The summed E-state index contributed by atoms with van der Waals surface area (Å²) in [6, 6.07) is 11.7. The van der Waals surface area contributed by atoms with E-state index >= 15 is 0 Å². The predicted molar refractivity (Wildman–Crippen MR) is 78.5 cm³/mol. The van der Waals surface area contributed by atoms with Crippen molar-refractivity contribution >= 4 is 17.5 Å². The fourth-order valence-corrected chi connectivity index (χ4v) is 1.89. The molecule has 1 heterocycles. The molecule has 0 bridgehead atoms. The Morgan fingerprint density at radius 1 is 1.35 bits per heavy atom. The molecule has 0 saturated heterocycles. The molecular formula is C15H17N3O2. The van der Waals surface area contributed by atoms with Gasteiger partial charge in [0.15, 0.2) is 0 Å². The number of aromatic nitrogens is 1. The first-order valence-corrected chi connectivity index (χ1v) is 6.20. The Bertz CT molecular complexity index is 599. The summed E-state index contributed by atoms with van der Waals surface area (Å²) in [5.41, 5.74) is 7.54. The van der Waals surface area contributed by atoms with Gasteiger partial charge in [-0.25, -0.2) is 9.78 Å². The second-order valence-electron chi connectivity index (χ2n) is 4.46. The first-order valence-electron chi connectivity index (χ1n) is 6.20. The third kappa shape index (κ3) is 3.06. The molecule has 5 heteroatoms. The number of rotatable bonds is 4. The molecule has 0 radical (unpaired) electrons. The number of nitrogens with zero attached hydrogens (tertiary/aromatic N) is 2. The van der Waals surface area contributed by atoms with E-state index in [-0.39, 0.29) is 0 Å². The number of nitrogen functional groups attached to an aromatic ring is 1. The molecule has 0 fully saturated rings. The Morgan fingerprint density at radius 3 is 2.70 bits per heavy atom. The van der Waals surface area contributed by atoms with Crippen molar-refractivity contribution in [2.75, 3.05) is 24.8 Å². The van der Waals surface area contributed by atoms with Crippen molar-refractivity contribution in [3.05, 3.63) is 53.7 Å². The molecule has 0 aliphatic rings. The van der Waals surface area contributed by atoms with Gasteiger partial charge in [0.2, 0.25) is 0 Å². The second-order valence-corrected chi connectivity index (χ2v) is 4.46. The minimum atomic E-state index is -0.459. The number of hydrogen-bond acceptors (Lipinski definition) is 5. The molecule has 0 spiro atoms. The molecule has 0 amide bonds. The van der Waals surface area contributed by atoms with E-state index in [2.05, 4.69) is 4.98 Å². The summed E-state index contributed by atoms with van der Waals surface area (Å²) >= 11 is 0. The lowest BCUT2D eigenvalue weighted by atomic mass is 10.2. The Morgan fingerprint density at radius 2 is 2.05 bits per heavy atom. The van der Waals surface area contributed by atoms with E-state index in [0.29, 0.717) is 23.6 Å². The molecule has 2 N–H and O–H groups in total. The van der Waals surface area contributed by atoms with Crippen LogP contribution in [0.5, 0.6) is 0 Å². The van der Waals surface area contributed by atoms with Crippen LogP contribution in [0.4, 0.5) is 11.5 Å². The third-order valence-electron chi connectivity index (χ3n) is 2.98. The van der Waals surface area contributed by atoms with E-state index in [4.69, 9.17) is 10.5 Å². The summed E-state index contributed by atoms with van der Waals surface area (Å²) in [7, 11) is 3.24. The molecule has 2 rings (SSSR count). The zero-order valence-corrected chi connectivity index (χ0v) is 11.5. The number of esters is 1. The first-order chi connectivity index (χ1) is 9.61. The summed E-state index contributed by atoms with van der Waals surface area (Å²) in [4.78, 5) is 17.8. The van der Waals surface area contributed by atoms with Crippen LogP contribution in [-0.2, 0) is 11.3 Å². The van der Waals surface area contributed by atoms with Crippen LogP contribution in [-0.4, -0.2) is 25.1 Å². The van der Waals surface area contributed by atoms with Gasteiger partial charge in [0, 0.05) is 13.6 Å². The zero-order chi connectivity index (χ0) is 14.5. The number of hydrogen-bond donors (Lipinski definition) is 1. The van der Waals surface area contributed by atoms with Crippen molar-refractivity contribution in [2.45, 2.75) is 6.54 Å². The maximum atomic E-state index is 11.6. The van der Waals surface area contributed by atoms with E-state index in [1.807, 2.05) is 42.3 Å². The van der Waals surface area contributed by atoms with E-state index < -0.39 is 5.97 Å². The molecule has 20 heavy (non-hydrogen) atoms. The van der Waals surface area contributed by atoms with Crippen LogP contribution in [0, 0.1) is 0 Å². The monoisotopic (exact) mass is 271 g/mol. The van der Waals surface area contributed by atoms with Crippen LogP contribution < -0.4 is 10.6 Å². The molecule has 0 aliphatic heterocycles. The fourth-order valence-electron chi connectivity index (χ4n) is 1.89. The average molecular weight is 271 g/mol. The number of ether oxygens (including phenoxy) is 1. The first kappa shape index (κ1) is 13.9. The number of nitrogens with two attached hydrogens (primary N) is 1. The maximum Gasteiger partial charge on any atom is 0.340 e. The lowest BCUT2D eigenvalue weighted by Gasteiger charge is -2.19. The van der Waals surface area contributed by atoms with Crippen molar-refractivity contribution in [3.63, 3.8) is 0 Å². The number of methoxy groups -OCH3 is 1. The zero-order valence-electron chi connectivity index (χ0n) is 11.5. The van der Waals surface area contributed by atoms with E-state index in [1.165, 1.54) is 13.3 Å². The third-order valence-corrected chi connectivity index (χ3v) is 2.98. The van der Waals surface area contributed by atoms with Crippen LogP contribution in [0.1, 0.15) is 15.9 Å². The Balaban J connectivity index is 2.22. The Labute approximate surface area is 118 Å². The maximum absolute atomic E-state index is 11.6. The number of anilines is 2. The van der Waals surface area contributed by atoms with Gasteiger partial charge in [0.1, 0.15) is 5.82 Å². The summed E-state index contributed by atoms with van der Waals surface area (Å²) < 4.78 is 4.70. The molecular weight excluding hydrogens is 254 g/mol. The SMILES string of the molecule is COC(=O)c1cc(N(C)Cc2ccccc2)ncc1N. The van der Waals surface area contributed by atoms with Crippen molar-refractivity contribution < 1.29 is 9.53 Å². The molecule has 2 aromatic rings. The van der Waals surface area contributed by atoms with Crippen molar-refractivity contribution in [1.82, 2.24) is 4.98 Å². The molecule has 0 aliphatic carbocycles. The fraction of sp³-hybridized carbons (Fsp3) is 0.200. The van der Waals surface area contributed by atoms with Gasteiger partial charge >= 0.3 is 5.97 Å². The van der Waals surface area contributed by atoms with Gasteiger partial charge in [-0.3, -0.25) is 0 Å². The smallest absolute Gasteiger partial charge is 0.340 e. The van der Waals surface area contributed by atoms with E-state index in [9.17, 15) is 4.79 Å². The van der Waals surface area contributed by atoms with Gasteiger partial charge in [0.25, 0.3) is 0 Å². The van der Waals surface area contributed by atoms with Crippen LogP contribution in [0.15, 0.2) is 42.6 Å². The van der Waals surface area contributed by atoms with E-state index in [0.717, 1.165) is 5.56 Å². The number of carbonyl (C=O) groups excluding carboxylic acids is 1. The van der Waals surface area contributed by atoms with Gasteiger partial charge in [-0.15, -0.1) is 0 Å². The van der Waals surface area contributed by atoms with Crippen LogP contribution >= 0.6 is 0 Å². The number of carbonyl (C=O) groups is 1. The minimum Gasteiger partial charge on any atom is -0.465 e. The normalized spacial score (nSPS) is 10.1.